The molecule has 2 aromatic rings. The van der Waals surface area contributed by atoms with Gasteiger partial charge in [0.25, 0.3) is 0 Å². The van der Waals surface area contributed by atoms with Gasteiger partial charge < -0.3 is 10.1 Å². The number of hydrogen-bond acceptors (Lipinski definition) is 3. The molecule has 3 heteroatoms. The van der Waals surface area contributed by atoms with Crippen molar-refractivity contribution in [3.8, 4) is 5.75 Å². The number of thiophene rings is 1. The van der Waals surface area contributed by atoms with Crippen LogP contribution >= 0.6 is 11.3 Å². The minimum atomic E-state index is 0.307. The number of aryl methyl sites for hydroxylation is 2. The van der Waals surface area contributed by atoms with Crippen molar-refractivity contribution in [2.75, 3.05) is 11.9 Å². The zero-order valence-electron chi connectivity index (χ0n) is 12.7. The van der Waals surface area contributed by atoms with Crippen LogP contribution in [0, 0.1) is 13.8 Å². The van der Waals surface area contributed by atoms with E-state index in [0.717, 1.165) is 24.5 Å². The van der Waals surface area contributed by atoms with Crippen molar-refractivity contribution in [2.45, 2.75) is 40.2 Å². The lowest BCUT2D eigenvalue weighted by Crippen LogP contribution is -2.07. The molecular weight excluding hydrogens is 266 g/mol. The molecule has 1 heterocycles. The summed E-state index contributed by atoms with van der Waals surface area (Å²) in [5.74, 6) is 0.933. The highest BCUT2D eigenvalue weighted by Crippen LogP contribution is 2.29. The van der Waals surface area contributed by atoms with Gasteiger partial charge in [-0.05, 0) is 51.0 Å². The van der Waals surface area contributed by atoms with Crippen LogP contribution in [0.1, 0.15) is 41.6 Å². The van der Waals surface area contributed by atoms with Gasteiger partial charge in [-0.25, -0.2) is 0 Å². The third-order valence-corrected chi connectivity index (χ3v) is 4.22. The zero-order valence-corrected chi connectivity index (χ0v) is 13.5. The first-order valence-corrected chi connectivity index (χ1v) is 7.98. The van der Waals surface area contributed by atoms with Crippen LogP contribution in [0.3, 0.4) is 0 Å². The van der Waals surface area contributed by atoms with Gasteiger partial charge in [-0.3, -0.25) is 0 Å². The summed E-state index contributed by atoms with van der Waals surface area (Å²) in [4.78, 5) is 2.76. The molecule has 0 aliphatic heterocycles. The fourth-order valence-electron chi connectivity index (χ4n) is 2.30. The molecule has 1 unspecified atom stereocenters. The molecule has 0 fully saturated rings. The van der Waals surface area contributed by atoms with Crippen molar-refractivity contribution < 1.29 is 4.74 Å². The second-order valence-corrected chi connectivity index (χ2v) is 6.57. The summed E-state index contributed by atoms with van der Waals surface area (Å²) in [5, 5.41) is 3.56. The van der Waals surface area contributed by atoms with E-state index in [4.69, 9.17) is 4.74 Å². The molecule has 1 atom stereocenters. The SMILES string of the molecule is CCCOc1cccc(NC(C)c2cc(C)sc2C)c1. The van der Waals surface area contributed by atoms with E-state index < -0.39 is 0 Å². The first-order valence-electron chi connectivity index (χ1n) is 7.16. The monoisotopic (exact) mass is 289 g/mol. The summed E-state index contributed by atoms with van der Waals surface area (Å²) in [6.07, 6.45) is 1.03. The number of nitrogens with one attached hydrogen (secondary N) is 1. The third kappa shape index (κ3) is 3.76. The van der Waals surface area contributed by atoms with Crippen molar-refractivity contribution >= 4 is 17.0 Å². The van der Waals surface area contributed by atoms with Gasteiger partial charge >= 0.3 is 0 Å². The summed E-state index contributed by atoms with van der Waals surface area (Å²) in [6.45, 7) is 9.43. The quantitative estimate of drug-likeness (QED) is 0.776. The maximum absolute atomic E-state index is 5.67. The molecule has 0 saturated carbocycles. The number of ether oxygens (including phenoxy) is 1. The van der Waals surface area contributed by atoms with Crippen LogP contribution in [-0.4, -0.2) is 6.61 Å². The molecular formula is C17H23NOS. The van der Waals surface area contributed by atoms with Crippen molar-refractivity contribution in [1.82, 2.24) is 0 Å². The minimum absolute atomic E-state index is 0.307. The first-order chi connectivity index (χ1) is 9.60. The molecule has 1 N–H and O–H groups in total. The van der Waals surface area contributed by atoms with E-state index in [1.165, 1.54) is 15.3 Å². The lowest BCUT2D eigenvalue weighted by molar-refractivity contribution is 0.317. The molecule has 2 nitrogen and oxygen atoms in total. The Morgan fingerprint density at radius 1 is 1.25 bits per heavy atom. The molecule has 1 aromatic heterocycles. The molecule has 0 aliphatic carbocycles. The van der Waals surface area contributed by atoms with Gasteiger partial charge in [-0.1, -0.05) is 13.0 Å². The lowest BCUT2D eigenvalue weighted by atomic mass is 10.1. The molecule has 1 aromatic carbocycles. The van der Waals surface area contributed by atoms with E-state index in [1.54, 1.807) is 0 Å². The molecule has 0 radical (unpaired) electrons. The van der Waals surface area contributed by atoms with Gasteiger partial charge in [0.1, 0.15) is 5.75 Å². The smallest absolute Gasteiger partial charge is 0.121 e. The highest BCUT2D eigenvalue weighted by molar-refractivity contribution is 7.12. The Balaban J connectivity index is 2.07. The maximum Gasteiger partial charge on any atom is 0.121 e. The van der Waals surface area contributed by atoms with Gasteiger partial charge in [-0.15, -0.1) is 11.3 Å². The Hall–Kier alpha value is -1.48. The summed E-state index contributed by atoms with van der Waals surface area (Å²) in [7, 11) is 0. The molecule has 0 amide bonds. The Morgan fingerprint density at radius 3 is 2.70 bits per heavy atom. The number of anilines is 1. The summed E-state index contributed by atoms with van der Waals surface area (Å²) < 4.78 is 5.67. The Labute approximate surface area is 125 Å². The van der Waals surface area contributed by atoms with Gasteiger partial charge in [0.15, 0.2) is 0 Å². The van der Waals surface area contributed by atoms with E-state index in [9.17, 15) is 0 Å². The van der Waals surface area contributed by atoms with Crippen molar-refractivity contribution in [3.05, 3.63) is 45.6 Å². The van der Waals surface area contributed by atoms with E-state index in [-0.39, 0.29) is 0 Å². The van der Waals surface area contributed by atoms with E-state index >= 15 is 0 Å². The van der Waals surface area contributed by atoms with E-state index in [2.05, 4.69) is 51.2 Å². The predicted molar refractivity (Wildman–Crippen MR) is 88.1 cm³/mol. The van der Waals surface area contributed by atoms with Crippen LogP contribution in [0.5, 0.6) is 5.75 Å². The maximum atomic E-state index is 5.67. The average Bonchev–Trinajstić information content (AvgIpc) is 2.76. The predicted octanol–water partition coefficient (Wildman–Crippen LogP) is 5.33. The highest BCUT2D eigenvalue weighted by Gasteiger charge is 2.11. The van der Waals surface area contributed by atoms with Gasteiger partial charge in [0, 0.05) is 27.5 Å². The van der Waals surface area contributed by atoms with E-state index in [0.29, 0.717) is 6.04 Å². The summed E-state index contributed by atoms with van der Waals surface area (Å²) in [6, 6.07) is 10.8. The number of rotatable bonds is 6. The van der Waals surface area contributed by atoms with Crippen LogP contribution in [-0.2, 0) is 0 Å². The third-order valence-electron chi connectivity index (χ3n) is 3.24. The summed E-state index contributed by atoms with van der Waals surface area (Å²) >= 11 is 1.86. The average molecular weight is 289 g/mol. The van der Waals surface area contributed by atoms with Crippen LogP contribution in [0.15, 0.2) is 30.3 Å². The molecule has 20 heavy (non-hydrogen) atoms. The summed E-state index contributed by atoms with van der Waals surface area (Å²) in [5.41, 5.74) is 2.49. The zero-order chi connectivity index (χ0) is 14.5. The van der Waals surface area contributed by atoms with Crippen LogP contribution in [0.4, 0.5) is 5.69 Å². The molecule has 0 aliphatic rings. The van der Waals surface area contributed by atoms with Crippen molar-refractivity contribution in [1.29, 1.82) is 0 Å². The highest BCUT2D eigenvalue weighted by atomic mass is 32.1. The topological polar surface area (TPSA) is 21.3 Å². The van der Waals surface area contributed by atoms with Crippen LogP contribution < -0.4 is 10.1 Å². The van der Waals surface area contributed by atoms with Gasteiger partial charge in [0.05, 0.1) is 6.61 Å². The van der Waals surface area contributed by atoms with Gasteiger partial charge in [0.2, 0.25) is 0 Å². The molecule has 0 bridgehead atoms. The largest absolute Gasteiger partial charge is 0.494 e. The molecule has 108 valence electrons. The standard InChI is InChI=1S/C17H23NOS/c1-5-9-19-16-8-6-7-15(11-16)18-13(3)17-10-12(2)20-14(17)4/h6-8,10-11,13,18H,5,9H2,1-4H3. The Bertz CT molecular complexity index is 562. The van der Waals surface area contributed by atoms with Crippen LogP contribution in [0.2, 0.25) is 0 Å². The molecule has 0 saturated heterocycles. The molecule has 2 rings (SSSR count). The molecule has 0 spiro atoms. The van der Waals surface area contributed by atoms with Crippen LogP contribution in [0.25, 0.3) is 0 Å². The van der Waals surface area contributed by atoms with Crippen molar-refractivity contribution in [3.63, 3.8) is 0 Å². The number of hydrogen-bond donors (Lipinski definition) is 1. The van der Waals surface area contributed by atoms with Gasteiger partial charge in [-0.2, -0.15) is 0 Å². The van der Waals surface area contributed by atoms with E-state index in [1.807, 2.05) is 23.5 Å². The fraction of sp³-hybridized carbons (Fsp3) is 0.412. The Morgan fingerprint density at radius 2 is 2.05 bits per heavy atom. The normalized spacial score (nSPS) is 12.2. The van der Waals surface area contributed by atoms with Crippen molar-refractivity contribution in [2.24, 2.45) is 0 Å². The number of benzene rings is 1. The second-order valence-electron chi connectivity index (χ2n) is 5.11. The fourth-order valence-corrected chi connectivity index (χ4v) is 3.33. The Kier molecular flexibility index (Phi) is 5.07. The minimum Gasteiger partial charge on any atom is -0.494 e. The lowest BCUT2D eigenvalue weighted by Gasteiger charge is -2.16. The first kappa shape index (κ1) is 14.9. The second kappa shape index (κ2) is 6.80.